The van der Waals surface area contributed by atoms with Gasteiger partial charge < -0.3 is 25.3 Å². The van der Waals surface area contributed by atoms with Crippen LogP contribution in [0.15, 0.2) is 72.8 Å². The molecule has 2 saturated heterocycles. The number of rotatable bonds is 14. The molecule has 1 saturated carbocycles. The fraction of sp³-hybridized carbons (Fsp3) is 0.587. The summed E-state index contributed by atoms with van der Waals surface area (Å²) >= 11 is 0. The van der Waals surface area contributed by atoms with Crippen LogP contribution in [0.3, 0.4) is 0 Å². The van der Waals surface area contributed by atoms with Gasteiger partial charge in [0.25, 0.3) is 8.32 Å². The minimum absolute atomic E-state index is 0.111. The van der Waals surface area contributed by atoms with Crippen LogP contribution in [0.4, 0.5) is 0 Å². The highest BCUT2D eigenvalue weighted by Gasteiger charge is 2.52. The number of unbranched alkanes of at least 4 members (excludes halogenated alkanes) is 1. The molecule has 0 unspecified atom stereocenters. The third kappa shape index (κ3) is 10.3. The Morgan fingerprint density at radius 1 is 0.877 bits per heavy atom. The van der Waals surface area contributed by atoms with E-state index < -0.39 is 44.0 Å². The number of fused-ring (bicyclic) bond motifs is 1. The SMILES string of the molecule is CC[C@@H](O[Si](c1ccccc1)(c1ccccc1)C(C)(C)C)C(=O)C=CCCC[C@@H]1NC(=O)[C@H]2CCCN2C(=O)[C@H](CC2CCCCC2)NC(=O)[C@](C)(CC)NC1=O. The molecule has 3 N–H and O–H groups in total. The molecule has 5 atom stereocenters. The maximum atomic E-state index is 14.1. The van der Waals surface area contributed by atoms with Gasteiger partial charge in [-0.1, -0.05) is 133 Å². The van der Waals surface area contributed by atoms with Gasteiger partial charge in [0.1, 0.15) is 29.8 Å². The number of hydrogen-bond acceptors (Lipinski definition) is 6. The second-order valence-corrected chi connectivity index (χ2v) is 21.9. The topological polar surface area (TPSA) is 134 Å². The minimum atomic E-state index is -2.95. The molecule has 0 radical (unpaired) electrons. The molecule has 10 nitrogen and oxygen atoms in total. The van der Waals surface area contributed by atoms with E-state index in [4.69, 9.17) is 4.43 Å². The largest absolute Gasteiger partial charge is 0.397 e. The predicted octanol–water partition coefficient (Wildman–Crippen LogP) is 5.87. The Hall–Kier alpha value is -4.09. The molecule has 0 bridgehead atoms. The zero-order valence-electron chi connectivity index (χ0n) is 35.1. The Bertz CT molecular complexity index is 1680. The zero-order valence-corrected chi connectivity index (χ0v) is 36.1. The fourth-order valence-electron chi connectivity index (χ4n) is 8.99. The number of nitrogens with one attached hydrogen (secondary N) is 3. The van der Waals surface area contributed by atoms with Gasteiger partial charge in [0.2, 0.25) is 23.6 Å². The average Bonchev–Trinajstić information content (AvgIpc) is 3.71. The summed E-state index contributed by atoms with van der Waals surface area (Å²) in [5, 5.41) is 10.9. The summed E-state index contributed by atoms with van der Waals surface area (Å²) in [7, 11) is -2.95. The van der Waals surface area contributed by atoms with Crippen LogP contribution in [-0.4, -0.2) is 78.9 Å². The van der Waals surface area contributed by atoms with E-state index in [9.17, 15) is 24.0 Å². The van der Waals surface area contributed by atoms with Gasteiger partial charge in [0, 0.05) is 6.54 Å². The molecule has 310 valence electrons. The van der Waals surface area contributed by atoms with Crippen LogP contribution in [0.1, 0.15) is 125 Å². The van der Waals surface area contributed by atoms with E-state index in [2.05, 4.69) is 61.0 Å². The molecule has 5 rings (SSSR count). The van der Waals surface area contributed by atoms with Crippen molar-refractivity contribution in [3.63, 3.8) is 0 Å². The smallest absolute Gasteiger partial charge is 0.262 e. The predicted molar refractivity (Wildman–Crippen MR) is 227 cm³/mol. The van der Waals surface area contributed by atoms with Crippen molar-refractivity contribution >= 4 is 48.1 Å². The Balaban J connectivity index is 1.29. The summed E-state index contributed by atoms with van der Waals surface area (Å²) in [4.78, 5) is 71.2. The van der Waals surface area contributed by atoms with Crippen LogP contribution in [0, 0.1) is 5.92 Å². The van der Waals surface area contributed by atoms with E-state index in [1.807, 2.05) is 56.3 Å². The van der Waals surface area contributed by atoms with Crippen LogP contribution in [-0.2, 0) is 28.4 Å². The monoisotopic (exact) mass is 798 g/mol. The van der Waals surface area contributed by atoms with E-state index in [0.717, 1.165) is 36.1 Å². The summed E-state index contributed by atoms with van der Waals surface area (Å²) in [6.45, 7) is 12.5. The molecule has 2 heterocycles. The summed E-state index contributed by atoms with van der Waals surface area (Å²) in [5.41, 5.74) is -1.28. The first-order valence-electron chi connectivity index (χ1n) is 21.5. The Morgan fingerprint density at radius 2 is 1.51 bits per heavy atom. The highest BCUT2D eigenvalue weighted by Crippen LogP contribution is 2.38. The fourth-order valence-corrected chi connectivity index (χ4v) is 13.7. The van der Waals surface area contributed by atoms with Crippen molar-refractivity contribution in [2.24, 2.45) is 5.92 Å². The number of carbonyl (C=O) groups excluding carboxylic acids is 5. The molecular formula is C46H66N4O6Si. The van der Waals surface area contributed by atoms with Gasteiger partial charge in [-0.3, -0.25) is 24.0 Å². The number of nitrogens with zero attached hydrogens (tertiary/aromatic N) is 1. The van der Waals surface area contributed by atoms with Crippen molar-refractivity contribution in [3.8, 4) is 0 Å². The van der Waals surface area contributed by atoms with E-state index in [-0.39, 0.29) is 35.0 Å². The molecule has 1 aliphatic carbocycles. The molecule has 11 heteroatoms. The lowest BCUT2D eigenvalue weighted by Crippen LogP contribution is -2.68. The first-order chi connectivity index (χ1) is 27.2. The van der Waals surface area contributed by atoms with Gasteiger partial charge in [0.15, 0.2) is 5.78 Å². The van der Waals surface area contributed by atoms with E-state index in [1.165, 1.54) is 6.42 Å². The highest BCUT2D eigenvalue weighted by molar-refractivity contribution is 6.99. The molecule has 0 aromatic heterocycles. The molecule has 3 aliphatic rings. The normalized spacial score (nSPS) is 24.9. The number of allylic oxidation sites excluding steroid dienone is 1. The highest BCUT2D eigenvalue weighted by atomic mass is 28.4. The molecule has 2 aromatic rings. The third-order valence-electron chi connectivity index (χ3n) is 12.5. The van der Waals surface area contributed by atoms with Crippen LogP contribution < -0.4 is 26.3 Å². The minimum Gasteiger partial charge on any atom is -0.397 e. The van der Waals surface area contributed by atoms with Crippen molar-refractivity contribution in [1.82, 2.24) is 20.9 Å². The van der Waals surface area contributed by atoms with Crippen LogP contribution in [0.25, 0.3) is 0 Å². The number of amides is 4. The van der Waals surface area contributed by atoms with Crippen molar-refractivity contribution in [1.29, 1.82) is 0 Å². The van der Waals surface area contributed by atoms with Gasteiger partial charge in [-0.2, -0.15) is 0 Å². The maximum Gasteiger partial charge on any atom is 0.262 e. The molecule has 0 spiro atoms. The molecule has 57 heavy (non-hydrogen) atoms. The number of benzene rings is 2. The number of hydrogen-bond donors (Lipinski definition) is 3. The third-order valence-corrected chi connectivity index (χ3v) is 17.6. The molecule has 2 aromatic carbocycles. The first-order valence-corrected chi connectivity index (χ1v) is 23.4. The van der Waals surface area contributed by atoms with Crippen LogP contribution in [0.5, 0.6) is 0 Å². The lowest BCUT2D eigenvalue weighted by atomic mass is 9.84. The van der Waals surface area contributed by atoms with Crippen molar-refractivity contribution in [2.75, 3.05) is 6.54 Å². The Morgan fingerprint density at radius 3 is 2.09 bits per heavy atom. The maximum absolute atomic E-state index is 14.1. The second kappa shape index (κ2) is 19.6. The summed E-state index contributed by atoms with van der Waals surface area (Å²) in [5.74, 6) is -1.17. The Labute approximate surface area is 341 Å². The first kappa shape index (κ1) is 44.0. The lowest BCUT2D eigenvalue weighted by Gasteiger charge is -2.44. The molecule has 4 amide bonds. The van der Waals surface area contributed by atoms with Gasteiger partial charge in [0.05, 0.1) is 0 Å². The van der Waals surface area contributed by atoms with Crippen LogP contribution >= 0.6 is 0 Å². The quantitative estimate of drug-likeness (QED) is 0.125. The van der Waals surface area contributed by atoms with Crippen molar-refractivity contribution in [3.05, 3.63) is 72.8 Å². The van der Waals surface area contributed by atoms with Crippen LogP contribution in [0.2, 0.25) is 5.04 Å². The number of ketones is 1. The Kier molecular flexibility index (Phi) is 15.1. The summed E-state index contributed by atoms with van der Waals surface area (Å²) in [6.07, 6.45) is 12.0. The van der Waals surface area contributed by atoms with E-state index in [1.54, 1.807) is 17.9 Å². The van der Waals surface area contributed by atoms with Gasteiger partial charge >= 0.3 is 0 Å². The average molecular weight is 799 g/mol. The molecule has 2 aliphatic heterocycles. The number of carbonyl (C=O) groups is 5. The van der Waals surface area contributed by atoms with Crippen molar-refractivity contribution < 1.29 is 28.4 Å². The molecule has 3 fully saturated rings. The zero-order chi connectivity index (χ0) is 41.2. The van der Waals surface area contributed by atoms with Crippen molar-refractivity contribution in [2.45, 2.75) is 160 Å². The summed E-state index contributed by atoms with van der Waals surface area (Å²) in [6, 6.07) is 18.2. The van der Waals surface area contributed by atoms with E-state index in [0.29, 0.717) is 57.4 Å². The molecular weight excluding hydrogens is 733 g/mol. The van der Waals surface area contributed by atoms with Gasteiger partial charge in [-0.15, -0.1) is 0 Å². The van der Waals surface area contributed by atoms with E-state index >= 15 is 0 Å². The standard InChI is InChI=1S/C46H66N4O6Si/c1-7-40(56-57(45(3,4)5,34-24-15-10-16-25-34)35-26-17-11-18-27-35)39(51)30-20-12-19-28-36-41(52)49-46(6,8-2)44(55)48-37(32-33-22-13-9-14-23-33)43(54)50-31-21-29-38(50)42(53)47-36/h10-11,15-18,20,24-27,30,33,36-38,40H,7-9,12-14,19,21-23,28-29,31-32H2,1-6H3,(H,47,53)(H,48,55)(H,49,52)/t36-,37-,38+,40+,46-/m0/s1. The van der Waals surface area contributed by atoms with Gasteiger partial charge in [-0.05, 0) is 85.7 Å². The second-order valence-electron chi connectivity index (χ2n) is 17.6. The lowest BCUT2D eigenvalue weighted by molar-refractivity contribution is -0.145. The summed E-state index contributed by atoms with van der Waals surface area (Å²) < 4.78 is 7.13. The van der Waals surface area contributed by atoms with Gasteiger partial charge in [-0.25, -0.2) is 0 Å².